The minimum atomic E-state index is -3.33. The number of carbonyl (C=O) groups excluding carboxylic acids is 1. The van der Waals surface area contributed by atoms with Gasteiger partial charge < -0.3 is 5.32 Å². The number of nitrogens with zero attached hydrogens (tertiary/aromatic N) is 1. The standard InChI is InChI=1S/C10H12N2O4S/c1-17(15,16)9-4-2-3-8(7-9)10(13)11-5-6-12-14/h2-4,7H,5-6H2,1H3,(H,11,13). The Balaban J connectivity index is 2.85. The van der Waals surface area contributed by atoms with E-state index in [2.05, 4.69) is 10.5 Å². The van der Waals surface area contributed by atoms with Crippen LogP contribution >= 0.6 is 0 Å². The summed E-state index contributed by atoms with van der Waals surface area (Å²) < 4.78 is 22.6. The van der Waals surface area contributed by atoms with Crippen LogP contribution in [0.3, 0.4) is 0 Å². The van der Waals surface area contributed by atoms with Gasteiger partial charge in [0, 0.05) is 18.4 Å². The largest absolute Gasteiger partial charge is 0.350 e. The molecule has 17 heavy (non-hydrogen) atoms. The molecule has 6 nitrogen and oxygen atoms in total. The minimum absolute atomic E-state index is 0.0164. The van der Waals surface area contributed by atoms with Crippen LogP contribution in [0.15, 0.2) is 34.3 Å². The summed E-state index contributed by atoms with van der Waals surface area (Å²) in [6.07, 6.45) is 1.07. The summed E-state index contributed by atoms with van der Waals surface area (Å²) in [5.74, 6) is -0.431. The average molecular weight is 256 g/mol. The maximum atomic E-state index is 11.5. The fourth-order valence-electron chi connectivity index (χ4n) is 1.19. The molecule has 0 aliphatic heterocycles. The Kier molecular flexibility index (Phi) is 4.33. The van der Waals surface area contributed by atoms with Crippen molar-refractivity contribution in [3.05, 3.63) is 34.7 Å². The fourth-order valence-corrected chi connectivity index (χ4v) is 1.85. The predicted octanol–water partition coefficient (Wildman–Crippen LogP) is 0.586. The molecule has 0 aromatic heterocycles. The molecule has 0 aliphatic carbocycles. The normalized spacial score (nSPS) is 10.9. The van der Waals surface area contributed by atoms with Crippen LogP contribution < -0.4 is 5.32 Å². The highest BCUT2D eigenvalue weighted by Gasteiger charge is 2.10. The maximum Gasteiger partial charge on any atom is 0.251 e. The van der Waals surface area contributed by atoms with Crippen molar-refractivity contribution in [3.8, 4) is 0 Å². The van der Waals surface area contributed by atoms with Gasteiger partial charge in [0.15, 0.2) is 9.84 Å². The minimum Gasteiger partial charge on any atom is -0.350 e. The van der Waals surface area contributed by atoms with Crippen molar-refractivity contribution < 1.29 is 13.2 Å². The van der Waals surface area contributed by atoms with Gasteiger partial charge in [-0.05, 0) is 18.2 Å². The van der Waals surface area contributed by atoms with Gasteiger partial charge in [-0.3, -0.25) is 4.79 Å². The molecule has 1 amide bonds. The first-order valence-corrected chi connectivity index (χ1v) is 6.71. The highest BCUT2D eigenvalue weighted by Crippen LogP contribution is 2.11. The molecule has 1 aromatic carbocycles. The molecular formula is C10H12N2O4S. The molecule has 1 rings (SSSR count). The van der Waals surface area contributed by atoms with Crippen LogP contribution in [-0.2, 0) is 9.84 Å². The van der Waals surface area contributed by atoms with E-state index >= 15 is 0 Å². The van der Waals surface area contributed by atoms with Gasteiger partial charge in [0.05, 0.1) is 11.4 Å². The van der Waals surface area contributed by atoms with Crippen molar-refractivity contribution in [1.29, 1.82) is 0 Å². The number of benzene rings is 1. The zero-order chi connectivity index (χ0) is 12.9. The van der Waals surface area contributed by atoms with E-state index in [0.29, 0.717) is 0 Å². The van der Waals surface area contributed by atoms with Crippen molar-refractivity contribution in [2.24, 2.45) is 5.18 Å². The zero-order valence-corrected chi connectivity index (χ0v) is 10.0. The first-order valence-electron chi connectivity index (χ1n) is 4.82. The van der Waals surface area contributed by atoms with E-state index in [9.17, 15) is 18.1 Å². The topological polar surface area (TPSA) is 92.7 Å². The molecule has 0 radical (unpaired) electrons. The van der Waals surface area contributed by atoms with Gasteiger partial charge in [0.2, 0.25) is 0 Å². The summed E-state index contributed by atoms with van der Waals surface area (Å²) in [7, 11) is -3.33. The van der Waals surface area contributed by atoms with E-state index in [1.165, 1.54) is 24.3 Å². The second-order valence-corrected chi connectivity index (χ2v) is 5.42. The van der Waals surface area contributed by atoms with Gasteiger partial charge in [0.25, 0.3) is 5.91 Å². The smallest absolute Gasteiger partial charge is 0.251 e. The SMILES string of the molecule is CS(=O)(=O)c1cccc(C(=O)NCCN=O)c1. The van der Waals surface area contributed by atoms with Crippen molar-refractivity contribution in [3.63, 3.8) is 0 Å². The maximum absolute atomic E-state index is 11.5. The Hall–Kier alpha value is -1.76. The molecule has 0 aliphatic rings. The highest BCUT2D eigenvalue weighted by molar-refractivity contribution is 7.90. The lowest BCUT2D eigenvalue weighted by atomic mass is 10.2. The molecule has 1 N–H and O–H groups in total. The van der Waals surface area contributed by atoms with E-state index in [-0.39, 0.29) is 23.5 Å². The van der Waals surface area contributed by atoms with Crippen LogP contribution in [-0.4, -0.2) is 33.7 Å². The van der Waals surface area contributed by atoms with E-state index < -0.39 is 15.7 Å². The molecule has 0 bridgehead atoms. The summed E-state index contributed by atoms with van der Waals surface area (Å²) in [6, 6.07) is 5.69. The van der Waals surface area contributed by atoms with E-state index in [1.54, 1.807) is 0 Å². The number of nitrogens with one attached hydrogen (secondary N) is 1. The predicted molar refractivity (Wildman–Crippen MR) is 62.5 cm³/mol. The second kappa shape index (κ2) is 5.53. The Morgan fingerprint density at radius 2 is 2.12 bits per heavy atom. The Morgan fingerprint density at radius 1 is 1.41 bits per heavy atom. The molecule has 0 saturated carbocycles. The molecule has 1 aromatic rings. The first kappa shape index (κ1) is 13.3. The summed E-state index contributed by atoms with van der Waals surface area (Å²) in [4.78, 5) is 21.5. The van der Waals surface area contributed by atoms with Crippen molar-refractivity contribution in [1.82, 2.24) is 5.32 Å². The van der Waals surface area contributed by atoms with Crippen LogP contribution in [0, 0.1) is 4.91 Å². The van der Waals surface area contributed by atoms with Gasteiger partial charge >= 0.3 is 0 Å². The molecule has 0 saturated heterocycles. The molecule has 0 spiro atoms. The Labute approximate surface area is 98.9 Å². The number of hydrogen-bond acceptors (Lipinski definition) is 5. The van der Waals surface area contributed by atoms with Crippen molar-refractivity contribution >= 4 is 15.7 Å². The van der Waals surface area contributed by atoms with Crippen LogP contribution in [0.2, 0.25) is 0 Å². The molecule has 0 atom stereocenters. The van der Waals surface area contributed by atoms with Crippen LogP contribution in [0.1, 0.15) is 10.4 Å². The quantitative estimate of drug-likeness (QED) is 0.616. The summed E-state index contributed by atoms with van der Waals surface area (Å²) in [5, 5.41) is 5.05. The molecule has 0 heterocycles. The van der Waals surface area contributed by atoms with Crippen LogP contribution in [0.4, 0.5) is 0 Å². The monoisotopic (exact) mass is 256 g/mol. The number of sulfone groups is 1. The van der Waals surface area contributed by atoms with Gasteiger partial charge in [-0.2, -0.15) is 4.91 Å². The molecule has 7 heteroatoms. The number of nitroso groups, excluding NO2 is 1. The lowest BCUT2D eigenvalue weighted by Crippen LogP contribution is -2.26. The van der Waals surface area contributed by atoms with Crippen molar-refractivity contribution in [2.75, 3.05) is 19.3 Å². The number of carbonyl (C=O) groups is 1. The third kappa shape index (κ3) is 3.95. The van der Waals surface area contributed by atoms with Gasteiger partial charge in [-0.1, -0.05) is 11.2 Å². The van der Waals surface area contributed by atoms with E-state index in [0.717, 1.165) is 6.26 Å². The molecule has 0 unspecified atom stereocenters. The Morgan fingerprint density at radius 3 is 2.71 bits per heavy atom. The number of amides is 1. The fraction of sp³-hybridized carbons (Fsp3) is 0.300. The highest BCUT2D eigenvalue weighted by atomic mass is 32.2. The third-order valence-electron chi connectivity index (χ3n) is 2.01. The number of rotatable bonds is 5. The van der Waals surface area contributed by atoms with Gasteiger partial charge in [0.1, 0.15) is 0 Å². The van der Waals surface area contributed by atoms with Crippen LogP contribution in [0.5, 0.6) is 0 Å². The Bertz CT molecular complexity index is 525. The summed E-state index contributed by atoms with van der Waals surface area (Å²) in [6.45, 7) is 0.114. The lowest BCUT2D eigenvalue weighted by molar-refractivity contribution is 0.0954. The number of hydrogen-bond donors (Lipinski definition) is 1. The lowest BCUT2D eigenvalue weighted by Gasteiger charge is -2.04. The first-order chi connectivity index (χ1) is 7.95. The molecule has 0 fully saturated rings. The molecular weight excluding hydrogens is 244 g/mol. The summed E-state index contributed by atoms with van der Waals surface area (Å²) in [5.41, 5.74) is 0.235. The van der Waals surface area contributed by atoms with E-state index in [4.69, 9.17) is 0 Å². The van der Waals surface area contributed by atoms with Crippen LogP contribution in [0.25, 0.3) is 0 Å². The second-order valence-electron chi connectivity index (χ2n) is 3.41. The van der Waals surface area contributed by atoms with Gasteiger partial charge in [-0.25, -0.2) is 8.42 Å². The van der Waals surface area contributed by atoms with Crippen molar-refractivity contribution in [2.45, 2.75) is 4.90 Å². The molecule has 92 valence electrons. The summed E-state index contributed by atoms with van der Waals surface area (Å²) >= 11 is 0. The van der Waals surface area contributed by atoms with E-state index in [1.807, 2.05) is 0 Å². The zero-order valence-electron chi connectivity index (χ0n) is 9.21. The average Bonchev–Trinajstić information content (AvgIpc) is 2.28. The third-order valence-corrected chi connectivity index (χ3v) is 3.12. The van der Waals surface area contributed by atoms with Gasteiger partial charge in [-0.15, -0.1) is 0 Å².